The molecule has 0 saturated carbocycles. The van der Waals surface area contributed by atoms with Crippen LogP contribution in [0.1, 0.15) is 5.56 Å². The third-order valence-electron chi connectivity index (χ3n) is 1.14. The molecule has 0 atom stereocenters. The molecule has 46 valence electrons. The highest BCUT2D eigenvalue weighted by atomic mass is 16.7. The predicted octanol–water partition coefficient (Wildman–Crippen LogP) is 1.15. The van der Waals surface area contributed by atoms with E-state index in [1.165, 1.54) is 0 Å². The maximum Gasteiger partial charge on any atom is 0.318 e. The van der Waals surface area contributed by atoms with Crippen molar-refractivity contribution in [2.45, 2.75) is 0 Å². The number of hydrogen-bond acceptors (Lipinski definition) is 3. The maximum absolute atomic E-state index is 4.92. The first-order valence-corrected chi connectivity index (χ1v) is 2.63. The Morgan fingerprint density at radius 3 is 3.33 bits per heavy atom. The van der Waals surface area contributed by atoms with Crippen molar-refractivity contribution in [2.24, 2.45) is 0 Å². The fourth-order valence-corrected chi connectivity index (χ4v) is 0.723. The first-order chi connectivity index (χ1) is 4.47. The normalized spacial score (nSPS) is 13.8. The molecule has 2 rings (SSSR count). The van der Waals surface area contributed by atoms with E-state index in [9.17, 15) is 0 Å². The Morgan fingerprint density at radius 2 is 2.44 bits per heavy atom. The molecule has 1 aromatic rings. The van der Waals surface area contributed by atoms with Crippen LogP contribution in [0.2, 0.25) is 0 Å². The Morgan fingerprint density at radius 1 is 1.44 bits per heavy atom. The zero-order chi connectivity index (χ0) is 6.10. The first-order valence-electron chi connectivity index (χ1n) is 2.63. The molecule has 3 heteroatoms. The summed E-state index contributed by atoms with van der Waals surface area (Å²) in [4.78, 5) is 4.86. The van der Waals surface area contributed by atoms with Crippen LogP contribution in [0.25, 0.3) is 6.08 Å². The lowest BCUT2D eigenvalue weighted by Gasteiger charge is -2.04. The molecule has 0 unspecified atom stereocenters. The van der Waals surface area contributed by atoms with Gasteiger partial charge in [-0.25, -0.2) is 5.48 Å². The summed E-state index contributed by atoms with van der Waals surface area (Å²) < 4.78 is 4.92. The molecule has 0 radical (unpaired) electrons. The number of furan rings is 1. The molecule has 0 fully saturated rings. The van der Waals surface area contributed by atoms with Crippen molar-refractivity contribution >= 4 is 6.08 Å². The van der Waals surface area contributed by atoms with Crippen LogP contribution in [0.4, 0.5) is 0 Å². The summed E-state index contributed by atoms with van der Waals surface area (Å²) in [5.74, 6) is 0.525. The van der Waals surface area contributed by atoms with Crippen LogP contribution in [0.3, 0.4) is 0 Å². The van der Waals surface area contributed by atoms with Crippen LogP contribution < -0.4 is 10.3 Å². The number of hydroxylamine groups is 1. The second-order valence-electron chi connectivity index (χ2n) is 1.72. The molecule has 0 aromatic carbocycles. The number of hydrogen-bond donors (Lipinski definition) is 1. The quantitative estimate of drug-likeness (QED) is 0.561. The van der Waals surface area contributed by atoms with Crippen LogP contribution in [0.5, 0.6) is 5.95 Å². The van der Waals surface area contributed by atoms with Crippen LogP contribution in [-0.2, 0) is 0 Å². The number of fused-ring (bicyclic) bond motifs is 1. The third kappa shape index (κ3) is 0.579. The summed E-state index contributed by atoms with van der Waals surface area (Å²) in [7, 11) is 0. The lowest BCUT2D eigenvalue weighted by molar-refractivity contribution is 0.180. The zero-order valence-corrected chi connectivity index (χ0v) is 4.63. The van der Waals surface area contributed by atoms with Gasteiger partial charge >= 0.3 is 5.95 Å². The lowest BCUT2D eigenvalue weighted by Crippen LogP contribution is -2.12. The summed E-state index contributed by atoms with van der Waals surface area (Å²) in [5.41, 5.74) is 3.52. The SMILES string of the molecule is C1=Cc2ccoc2ON1. The molecule has 0 saturated heterocycles. The number of nitrogens with one attached hydrogen (secondary N) is 1. The van der Waals surface area contributed by atoms with Gasteiger partial charge in [-0.2, -0.15) is 0 Å². The Kier molecular flexibility index (Phi) is 0.773. The number of rotatable bonds is 0. The molecule has 1 N–H and O–H groups in total. The van der Waals surface area contributed by atoms with Crippen LogP contribution in [-0.4, -0.2) is 0 Å². The third-order valence-corrected chi connectivity index (χ3v) is 1.14. The summed E-state index contributed by atoms with van der Waals surface area (Å²) in [6.45, 7) is 0. The van der Waals surface area contributed by atoms with Gasteiger partial charge in [0.1, 0.15) is 0 Å². The van der Waals surface area contributed by atoms with Gasteiger partial charge in [0.25, 0.3) is 0 Å². The average Bonchev–Trinajstić information content (AvgIpc) is 2.33. The minimum atomic E-state index is 0.525. The van der Waals surface area contributed by atoms with Crippen LogP contribution in [0, 0.1) is 0 Å². The molecule has 1 aromatic heterocycles. The average molecular weight is 123 g/mol. The highest BCUT2D eigenvalue weighted by molar-refractivity contribution is 5.54. The van der Waals surface area contributed by atoms with Crippen molar-refractivity contribution in [2.75, 3.05) is 0 Å². The Hall–Kier alpha value is -1.38. The van der Waals surface area contributed by atoms with E-state index in [2.05, 4.69) is 5.48 Å². The van der Waals surface area contributed by atoms with Gasteiger partial charge in [0.2, 0.25) is 0 Å². The highest BCUT2D eigenvalue weighted by Crippen LogP contribution is 2.21. The highest BCUT2D eigenvalue weighted by Gasteiger charge is 2.06. The van der Waals surface area contributed by atoms with Gasteiger partial charge in [0.15, 0.2) is 0 Å². The van der Waals surface area contributed by atoms with Crippen molar-refractivity contribution in [1.29, 1.82) is 0 Å². The standard InChI is InChI=1S/C6H5NO2/c1-3-7-9-6-5(1)2-4-8-6/h1-4,7H. The van der Waals surface area contributed by atoms with E-state index in [4.69, 9.17) is 9.25 Å². The first kappa shape index (κ1) is 4.49. The van der Waals surface area contributed by atoms with Crippen molar-refractivity contribution in [3.05, 3.63) is 24.1 Å². The molecule has 2 heterocycles. The van der Waals surface area contributed by atoms with Gasteiger partial charge in [-0.3, -0.25) is 0 Å². The van der Waals surface area contributed by atoms with E-state index in [0.29, 0.717) is 5.95 Å². The van der Waals surface area contributed by atoms with Crippen LogP contribution >= 0.6 is 0 Å². The van der Waals surface area contributed by atoms with E-state index in [-0.39, 0.29) is 0 Å². The minimum absolute atomic E-state index is 0.525. The smallest absolute Gasteiger partial charge is 0.318 e. The Labute approximate surface area is 51.9 Å². The van der Waals surface area contributed by atoms with Crippen molar-refractivity contribution in [1.82, 2.24) is 5.48 Å². The van der Waals surface area contributed by atoms with Gasteiger partial charge in [-0.05, 0) is 12.1 Å². The molecular weight excluding hydrogens is 118 g/mol. The minimum Gasteiger partial charge on any atom is -0.432 e. The van der Waals surface area contributed by atoms with E-state index in [1.54, 1.807) is 12.5 Å². The van der Waals surface area contributed by atoms with Crippen LogP contribution in [0.15, 0.2) is 22.9 Å². The zero-order valence-electron chi connectivity index (χ0n) is 4.63. The van der Waals surface area contributed by atoms with Crippen molar-refractivity contribution in [3.8, 4) is 5.95 Å². The topological polar surface area (TPSA) is 34.4 Å². The molecule has 0 spiro atoms. The summed E-state index contributed by atoms with van der Waals surface area (Å²) in [5, 5.41) is 0. The fraction of sp³-hybridized carbons (Fsp3) is 0. The predicted molar refractivity (Wildman–Crippen MR) is 31.5 cm³/mol. The van der Waals surface area contributed by atoms with Gasteiger partial charge in [-0.15, -0.1) is 0 Å². The molecule has 0 aliphatic carbocycles. The van der Waals surface area contributed by atoms with E-state index < -0.39 is 0 Å². The van der Waals surface area contributed by atoms with E-state index >= 15 is 0 Å². The van der Waals surface area contributed by atoms with Gasteiger partial charge in [0, 0.05) is 6.20 Å². The summed E-state index contributed by atoms with van der Waals surface area (Å²) >= 11 is 0. The molecule has 9 heavy (non-hydrogen) atoms. The Bertz CT molecular complexity index is 239. The van der Waals surface area contributed by atoms with E-state index in [0.717, 1.165) is 5.56 Å². The summed E-state index contributed by atoms with van der Waals surface area (Å²) in [6, 6.07) is 1.84. The summed E-state index contributed by atoms with van der Waals surface area (Å²) in [6.07, 6.45) is 5.17. The second kappa shape index (κ2) is 1.55. The molecule has 1 aliphatic rings. The molecule has 0 bridgehead atoms. The van der Waals surface area contributed by atoms with E-state index in [1.807, 2.05) is 12.1 Å². The van der Waals surface area contributed by atoms with Gasteiger partial charge < -0.3 is 9.25 Å². The molecule has 0 amide bonds. The molecular formula is C6H5NO2. The monoisotopic (exact) mass is 123 g/mol. The second-order valence-corrected chi connectivity index (χ2v) is 1.72. The lowest BCUT2D eigenvalue weighted by atomic mass is 10.3. The maximum atomic E-state index is 4.92. The molecule has 1 aliphatic heterocycles. The molecule has 3 nitrogen and oxygen atoms in total. The van der Waals surface area contributed by atoms with Crippen molar-refractivity contribution in [3.63, 3.8) is 0 Å². The van der Waals surface area contributed by atoms with Crippen molar-refractivity contribution < 1.29 is 9.25 Å². The fourth-order valence-electron chi connectivity index (χ4n) is 0.723. The largest absolute Gasteiger partial charge is 0.432 e. The Balaban J connectivity index is 2.53. The van der Waals surface area contributed by atoms with Gasteiger partial charge in [-0.1, -0.05) is 0 Å². The van der Waals surface area contributed by atoms with Gasteiger partial charge in [0.05, 0.1) is 11.8 Å².